The quantitative estimate of drug-likeness (QED) is 0.880. The summed E-state index contributed by atoms with van der Waals surface area (Å²) in [6, 6.07) is 2.13. The monoisotopic (exact) mass is 264 g/mol. The zero-order valence-electron chi connectivity index (χ0n) is 12.8. The molecule has 0 spiro atoms. The Labute approximate surface area is 115 Å². The molecule has 0 amide bonds. The fourth-order valence-corrected chi connectivity index (χ4v) is 2.63. The molecule has 0 saturated carbocycles. The second-order valence-corrected chi connectivity index (χ2v) is 5.80. The number of benzene rings is 1. The van der Waals surface area contributed by atoms with Crippen LogP contribution in [-0.4, -0.2) is 18.2 Å². The van der Waals surface area contributed by atoms with Crippen molar-refractivity contribution in [2.24, 2.45) is 0 Å². The summed E-state index contributed by atoms with van der Waals surface area (Å²) in [5, 5.41) is 8.86. The van der Waals surface area contributed by atoms with Gasteiger partial charge in [-0.2, -0.15) is 0 Å². The fourth-order valence-electron chi connectivity index (χ4n) is 2.63. The predicted octanol–water partition coefficient (Wildman–Crippen LogP) is 3.76. The standard InChI is InChI=1S/C16H24O3/c1-10-9-13(11(2)12(3)15(10)19-6)16(4,5)8-7-14(17)18/h9H,7-8H2,1-6H3,(H,17,18). The van der Waals surface area contributed by atoms with E-state index in [0.717, 1.165) is 16.9 Å². The third-order valence-corrected chi connectivity index (χ3v) is 3.92. The zero-order chi connectivity index (χ0) is 14.8. The Bertz CT molecular complexity index is 487. The van der Waals surface area contributed by atoms with Gasteiger partial charge < -0.3 is 9.84 Å². The predicted molar refractivity (Wildman–Crippen MR) is 77.1 cm³/mol. The van der Waals surface area contributed by atoms with Gasteiger partial charge in [-0.1, -0.05) is 19.9 Å². The molecule has 1 N–H and O–H groups in total. The van der Waals surface area contributed by atoms with Gasteiger partial charge in [-0.15, -0.1) is 0 Å². The molecule has 0 aromatic heterocycles. The highest BCUT2D eigenvalue weighted by Gasteiger charge is 2.25. The molecule has 106 valence electrons. The first-order valence-corrected chi connectivity index (χ1v) is 6.57. The Morgan fingerprint density at radius 1 is 1.26 bits per heavy atom. The van der Waals surface area contributed by atoms with Crippen molar-refractivity contribution in [2.75, 3.05) is 7.11 Å². The largest absolute Gasteiger partial charge is 0.496 e. The Hall–Kier alpha value is -1.51. The SMILES string of the molecule is COc1c(C)cc(C(C)(C)CCC(=O)O)c(C)c1C. The molecule has 0 radical (unpaired) electrons. The van der Waals surface area contributed by atoms with Crippen LogP contribution in [0.4, 0.5) is 0 Å². The molecule has 0 bridgehead atoms. The van der Waals surface area contributed by atoms with E-state index < -0.39 is 5.97 Å². The van der Waals surface area contributed by atoms with Crippen LogP contribution in [0.15, 0.2) is 6.07 Å². The molecule has 1 aromatic carbocycles. The Balaban J connectivity index is 3.23. The van der Waals surface area contributed by atoms with E-state index in [4.69, 9.17) is 9.84 Å². The van der Waals surface area contributed by atoms with Crippen LogP contribution in [0.5, 0.6) is 5.75 Å². The summed E-state index contributed by atoms with van der Waals surface area (Å²) < 4.78 is 5.43. The molecule has 0 aliphatic carbocycles. The van der Waals surface area contributed by atoms with Crippen molar-refractivity contribution < 1.29 is 14.6 Å². The molecule has 3 heteroatoms. The van der Waals surface area contributed by atoms with E-state index in [1.807, 2.05) is 6.92 Å². The molecule has 0 atom stereocenters. The molecule has 19 heavy (non-hydrogen) atoms. The van der Waals surface area contributed by atoms with E-state index in [-0.39, 0.29) is 11.8 Å². The molecule has 1 rings (SSSR count). The van der Waals surface area contributed by atoms with Crippen LogP contribution in [-0.2, 0) is 10.2 Å². The molecule has 0 unspecified atom stereocenters. The van der Waals surface area contributed by atoms with Gasteiger partial charge >= 0.3 is 5.97 Å². The normalized spacial score (nSPS) is 11.5. The van der Waals surface area contributed by atoms with Crippen molar-refractivity contribution >= 4 is 5.97 Å². The summed E-state index contributed by atoms with van der Waals surface area (Å²) in [4.78, 5) is 10.8. The van der Waals surface area contributed by atoms with Gasteiger partial charge in [0.15, 0.2) is 0 Å². The van der Waals surface area contributed by atoms with Gasteiger partial charge in [0.25, 0.3) is 0 Å². The molecule has 0 heterocycles. The first-order chi connectivity index (χ1) is 8.70. The van der Waals surface area contributed by atoms with E-state index >= 15 is 0 Å². The minimum absolute atomic E-state index is 0.149. The number of aryl methyl sites for hydroxylation is 1. The highest BCUT2D eigenvalue weighted by atomic mass is 16.5. The zero-order valence-corrected chi connectivity index (χ0v) is 12.8. The average Bonchev–Trinajstić information content (AvgIpc) is 2.32. The number of ether oxygens (including phenoxy) is 1. The summed E-state index contributed by atoms with van der Waals surface area (Å²) in [6.45, 7) is 10.4. The average molecular weight is 264 g/mol. The van der Waals surface area contributed by atoms with Crippen molar-refractivity contribution in [1.29, 1.82) is 0 Å². The molecule has 1 aromatic rings. The smallest absolute Gasteiger partial charge is 0.303 e. The van der Waals surface area contributed by atoms with Crippen LogP contribution in [0.1, 0.15) is 48.9 Å². The topological polar surface area (TPSA) is 46.5 Å². The first kappa shape index (κ1) is 15.5. The number of carboxylic acid groups (broad SMARTS) is 1. The Morgan fingerprint density at radius 3 is 2.32 bits per heavy atom. The summed E-state index contributed by atoms with van der Waals surface area (Å²) in [7, 11) is 1.68. The van der Waals surface area contributed by atoms with Crippen LogP contribution in [0.3, 0.4) is 0 Å². The van der Waals surface area contributed by atoms with Gasteiger partial charge in [-0.25, -0.2) is 0 Å². The third-order valence-electron chi connectivity index (χ3n) is 3.92. The molecular weight excluding hydrogens is 240 g/mol. The minimum Gasteiger partial charge on any atom is -0.496 e. The van der Waals surface area contributed by atoms with Crippen molar-refractivity contribution in [3.8, 4) is 5.75 Å². The second kappa shape index (κ2) is 5.64. The lowest BCUT2D eigenvalue weighted by molar-refractivity contribution is -0.137. The minimum atomic E-state index is -0.743. The summed E-state index contributed by atoms with van der Waals surface area (Å²) >= 11 is 0. The van der Waals surface area contributed by atoms with E-state index in [1.165, 1.54) is 11.1 Å². The Kier molecular flexibility index (Phi) is 4.61. The van der Waals surface area contributed by atoms with Gasteiger partial charge in [-0.05, 0) is 54.9 Å². The Morgan fingerprint density at radius 2 is 1.84 bits per heavy atom. The number of hydrogen-bond donors (Lipinski definition) is 1. The molecule has 0 fully saturated rings. The summed E-state index contributed by atoms with van der Waals surface area (Å²) in [5.74, 6) is 0.183. The summed E-state index contributed by atoms with van der Waals surface area (Å²) in [5.41, 5.74) is 4.50. The maximum atomic E-state index is 10.8. The fraction of sp³-hybridized carbons (Fsp3) is 0.562. The molecule has 3 nitrogen and oxygen atoms in total. The molecule has 0 aliphatic heterocycles. The molecular formula is C16H24O3. The number of carboxylic acids is 1. The third kappa shape index (κ3) is 3.28. The highest BCUT2D eigenvalue weighted by molar-refractivity contribution is 5.67. The van der Waals surface area contributed by atoms with Crippen molar-refractivity contribution in [2.45, 2.75) is 52.9 Å². The van der Waals surface area contributed by atoms with Crippen molar-refractivity contribution in [3.05, 3.63) is 28.3 Å². The van der Waals surface area contributed by atoms with Crippen molar-refractivity contribution in [3.63, 3.8) is 0 Å². The van der Waals surface area contributed by atoms with E-state index in [9.17, 15) is 4.79 Å². The van der Waals surface area contributed by atoms with Crippen LogP contribution < -0.4 is 4.74 Å². The number of carbonyl (C=O) groups is 1. The number of aliphatic carboxylic acids is 1. The first-order valence-electron chi connectivity index (χ1n) is 6.57. The van der Waals surface area contributed by atoms with Crippen LogP contribution >= 0.6 is 0 Å². The lowest BCUT2D eigenvalue weighted by Crippen LogP contribution is -2.21. The van der Waals surface area contributed by atoms with Gasteiger partial charge in [0.1, 0.15) is 5.75 Å². The van der Waals surface area contributed by atoms with Crippen LogP contribution in [0, 0.1) is 20.8 Å². The van der Waals surface area contributed by atoms with E-state index in [2.05, 4.69) is 33.8 Å². The lowest BCUT2D eigenvalue weighted by Gasteiger charge is -2.29. The maximum Gasteiger partial charge on any atom is 0.303 e. The number of hydrogen-bond acceptors (Lipinski definition) is 2. The maximum absolute atomic E-state index is 10.8. The van der Waals surface area contributed by atoms with Crippen LogP contribution in [0.25, 0.3) is 0 Å². The van der Waals surface area contributed by atoms with Crippen LogP contribution in [0.2, 0.25) is 0 Å². The second-order valence-electron chi connectivity index (χ2n) is 5.80. The highest BCUT2D eigenvalue weighted by Crippen LogP contribution is 2.37. The van der Waals surface area contributed by atoms with Gasteiger partial charge in [0.05, 0.1) is 7.11 Å². The molecule has 0 saturated heterocycles. The van der Waals surface area contributed by atoms with Gasteiger partial charge in [-0.3, -0.25) is 4.79 Å². The van der Waals surface area contributed by atoms with E-state index in [1.54, 1.807) is 7.11 Å². The van der Waals surface area contributed by atoms with Gasteiger partial charge in [0.2, 0.25) is 0 Å². The summed E-state index contributed by atoms with van der Waals surface area (Å²) in [6.07, 6.45) is 0.824. The van der Waals surface area contributed by atoms with Crippen molar-refractivity contribution in [1.82, 2.24) is 0 Å². The van der Waals surface area contributed by atoms with E-state index in [0.29, 0.717) is 6.42 Å². The lowest BCUT2D eigenvalue weighted by atomic mass is 9.76. The number of methoxy groups -OCH3 is 1. The molecule has 0 aliphatic rings. The van der Waals surface area contributed by atoms with Gasteiger partial charge in [0, 0.05) is 6.42 Å². The number of rotatable bonds is 5.